The van der Waals surface area contributed by atoms with Gasteiger partial charge in [-0.3, -0.25) is 5.10 Å². The predicted octanol–water partition coefficient (Wildman–Crippen LogP) is 2.51. The smallest absolute Gasteiger partial charge is 0.244 e. The first kappa shape index (κ1) is 17.4. The second kappa shape index (κ2) is 6.81. The number of aromatic amines is 1. The summed E-state index contributed by atoms with van der Waals surface area (Å²) in [6.45, 7) is 5.33. The van der Waals surface area contributed by atoms with Crippen LogP contribution in [0.1, 0.15) is 23.0 Å². The Hall–Kier alpha value is -2.45. The highest BCUT2D eigenvalue weighted by Gasteiger charge is 2.22. The maximum atomic E-state index is 12.5. The van der Waals surface area contributed by atoms with Gasteiger partial charge in [-0.1, -0.05) is 30.3 Å². The number of rotatable bonds is 6. The van der Waals surface area contributed by atoms with Gasteiger partial charge in [0.15, 0.2) is 5.89 Å². The molecule has 8 heteroatoms. The molecule has 0 aliphatic heterocycles. The number of aromatic nitrogens is 3. The highest BCUT2D eigenvalue weighted by molar-refractivity contribution is 7.89. The average Bonchev–Trinajstić information content (AvgIpc) is 3.10. The van der Waals surface area contributed by atoms with Crippen LogP contribution in [0.2, 0.25) is 0 Å². The van der Waals surface area contributed by atoms with Crippen LogP contribution >= 0.6 is 0 Å². The van der Waals surface area contributed by atoms with Gasteiger partial charge in [0.1, 0.15) is 16.3 Å². The number of hydrogen-bond donors (Lipinski definition) is 2. The second-order valence-corrected chi connectivity index (χ2v) is 7.49. The molecule has 0 aliphatic rings. The summed E-state index contributed by atoms with van der Waals surface area (Å²) >= 11 is 0. The van der Waals surface area contributed by atoms with Crippen LogP contribution in [0.3, 0.4) is 0 Å². The normalized spacial score (nSPS) is 11.8. The van der Waals surface area contributed by atoms with Gasteiger partial charge in [0.2, 0.25) is 10.0 Å². The minimum atomic E-state index is -3.62. The maximum Gasteiger partial charge on any atom is 0.244 e. The van der Waals surface area contributed by atoms with E-state index in [-0.39, 0.29) is 11.4 Å². The summed E-state index contributed by atoms with van der Waals surface area (Å²) in [6.07, 6.45) is 0.403. The molecule has 0 spiro atoms. The highest BCUT2D eigenvalue weighted by atomic mass is 32.2. The van der Waals surface area contributed by atoms with Crippen LogP contribution in [0, 0.1) is 20.8 Å². The van der Waals surface area contributed by atoms with Crippen LogP contribution in [-0.2, 0) is 16.4 Å². The van der Waals surface area contributed by atoms with Crippen molar-refractivity contribution in [2.45, 2.75) is 32.1 Å². The molecule has 0 atom stereocenters. The summed E-state index contributed by atoms with van der Waals surface area (Å²) in [5.41, 5.74) is 2.66. The van der Waals surface area contributed by atoms with Crippen molar-refractivity contribution in [1.29, 1.82) is 0 Å². The van der Waals surface area contributed by atoms with Crippen LogP contribution in [0.5, 0.6) is 0 Å². The van der Waals surface area contributed by atoms with E-state index in [2.05, 4.69) is 19.9 Å². The molecule has 0 fully saturated rings. The van der Waals surface area contributed by atoms with Crippen molar-refractivity contribution in [2.24, 2.45) is 0 Å². The molecule has 0 saturated heterocycles. The Kier molecular flexibility index (Phi) is 4.73. The Morgan fingerprint density at radius 3 is 2.52 bits per heavy atom. The van der Waals surface area contributed by atoms with E-state index in [1.54, 1.807) is 20.8 Å². The number of hydrogen-bond acceptors (Lipinski definition) is 5. The Labute approximate surface area is 146 Å². The lowest BCUT2D eigenvalue weighted by molar-refractivity contribution is 0.473. The van der Waals surface area contributed by atoms with E-state index in [0.717, 1.165) is 11.3 Å². The van der Waals surface area contributed by atoms with E-state index in [0.29, 0.717) is 29.5 Å². The van der Waals surface area contributed by atoms with Gasteiger partial charge in [-0.15, -0.1) is 0 Å². The van der Waals surface area contributed by atoms with Crippen LogP contribution in [0.25, 0.3) is 11.3 Å². The zero-order valence-corrected chi connectivity index (χ0v) is 15.1. The van der Waals surface area contributed by atoms with Gasteiger partial charge in [0.25, 0.3) is 0 Å². The molecule has 0 radical (unpaired) electrons. The van der Waals surface area contributed by atoms with Crippen molar-refractivity contribution in [2.75, 3.05) is 6.54 Å². The van der Waals surface area contributed by atoms with Gasteiger partial charge in [-0.2, -0.15) is 5.10 Å². The number of oxazole rings is 1. The van der Waals surface area contributed by atoms with E-state index >= 15 is 0 Å². The molecular weight excluding hydrogens is 340 g/mol. The lowest BCUT2D eigenvalue weighted by atomic mass is 10.1. The molecule has 3 rings (SSSR count). The summed E-state index contributed by atoms with van der Waals surface area (Å²) < 4.78 is 33.2. The first-order valence-electron chi connectivity index (χ1n) is 7.91. The molecule has 1 aromatic carbocycles. The van der Waals surface area contributed by atoms with E-state index in [1.165, 1.54) is 0 Å². The van der Waals surface area contributed by atoms with Crippen molar-refractivity contribution in [3.63, 3.8) is 0 Å². The van der Waals surface area contributed by atoms with E-state index in [4.69, 9.17) is 4.42 Å². The molecule has 132 valence electrons. The number of nitrogens with zero attached hydrogens (tertiary/aromatic N) is 2. The van der Waals surface area contributed by atoms with E-state index < -0.39 is 10.0 Å². The molecule has 0 aliphatic carbocycles. The van der Waals surface area contributed by atoms with Gasteiger partial charge < -0.3 is 4.42 Å². The van der Waals surface area contributed by atoms with Crippen molar-refractivity contribution >= 4 is 10.0 Å². The fourth-order valence-electron chi connectivity index (χ4n) is 2.77. The van der Waals surface area contributed by atoms with Crippen LogP contribution < -0.4 is 4.72 Å². The van der Waals surface area contributed by atoms with Crippen LogP contribution in [-0.4, -0.2) is 30.1 Å². The Balaban J connectivity index is 1.75. The molecule has 0 amide bonds. The number of aryl methyl sites for hydroxylation is 3. The maximum absolute atomic E-state index is 12.5. The summed E-state index contributed by atoms with van der Waals surface area (Å²) in [4.78, 5) is 4.61. The number of nitrogens with one attached hydrogen (secondary N) is 2. The van der Waals surface area contributed by atoms with Crippen molar-refractivity contribution < 1.29 is 12.8 Å². The zero-order valence-electron chi connectivity index (χ0n) is 14.3. The zero-order chi connectivity index (χ0) is 18.0. The van der Waals surface area contributed by atoms with Gasteiger partial charge in [-0.05, 0) is 13.8 Å². The molecule has 2 N–H and O–H groups in total. The van der Waals surface area contributed by atoms with Crippen LogP contribution in [0.15, 0.2) is 39.6 Å². The first-order valence-corrected chi connectivity index (χ1v) is 9.40. The van der Waals surface area contributed by atoms with Crippen molar-refractivity contribution in [3.05, 3.63) is 53.4 Å². The summed E-state index contributed by atoms with van der Waals surface area (Å²) in [7, 11) is -3.62. The molecule has 2 heterocycles. The standard InChI is InChI=1S/C17H20N4O3S/c1-11-17(12(2)21-20-11)25(22,23)18-10-9-15-16(19-13(3)24-15)14-7-5-4-6-8-14/h4-8,18H,9-10H2,1-3H3,(H,20,21). The minimum absolute atomic E-state index is 0.199. The molecule has 0 unspecified atom stereocenters. The molecule has 7 nitrogen and oxygen atoms in total. The summed E-state index contributed by atoms with van der Waals surface area (Å²) in [6, 6.07) is 9.68. The topological polar surface area (TPSA) is 101 Å². The highest BCUT2D eigenvalue weighted by Crippen LogP contribution is 2.24. The summed E-state index contributed by atoms with van der Waals surface area (Å²) in [5, 5.41) is 6.62. The fourth-order valence-corrected chi connectivity index (χ4v) is 4.17. The second-order valence-electron chi connectivity index (χ2n) is 5.78. The summed E-state index contributed by atoms with van der Waals surface area (Å²) in [5.74, 6) is 1.21. The number of H-pyrrole nitrogens is 1. The Morgan fingerprint density at radius 2 is 1.88 bits per heavy atom. The molecule has 3 aromatic rings. The molecule has 0 bridgehead atoms. The number of sulfonamides is 1. The van der Waals surface area contributed by atoms with Crippen molar-refractivity contribution in [3.8, 4) is 11.3 Å². The van der Waals surface area contributed by atoms with Gasteiger partial charge >= 0.3 is 0 Å². The van der Waals surface area contributed by atoms with E-state index in [1.807, 2.05) is 30.3 Å². The fraction of sp³-hybridized carbons (Fsp3) is 0.294. The minimum Gasteiger partial charge on any atom is -0.445 e. The molecule has 25 heavy (non-hydrogen) atoms. The monoisotopic (exact) mass is 360 g/mol. The lowest BCUT2D eigenvalue weighted by Crippen LogP contribution is -2.26. The molecule has 2 aromatic heterocycles. The molecule has 0 saturated carbocycles. The van der Waals surface area contributed by atoms with Crippen LogP contribution in [0.4, 0.5) is 0 Å². The molecular formula is C17H20N4O3S. The third kappa shape index (κ3) is 3.64. The third-order valence-electron chi connectivity index (χ3n) is 3.82. The average molecular weight is 360 g/mol. The Morgan fingerprint density at radius 1 is 1.16 bits per heavy atom. The third-order valence-corrected chi connectivity index (χ3v) is 5.55. The van der Waals surface area contributed by atoms with Gasteiger partial charge in [-0.25, -0.2) is 18.1 Å². The largest absolute Gasteiger partial charge is 0.445 e. The van der Waals surface area contributed by atoms with Gasteiger partial charge in [0.05, 0.1) is 11.4 Å². The number of benzene rings is 1. The van der Waals surface area contributed by atoms with Crippen molar-refractivity contribution in [1.82, 2.24) is 19.9 Å². The predicted molar refractivity (Wildman–Crippen MR) is 93.6 cm³/mol. The first-order chi connectivity index (χ1) is 11.9. The Bertz CT molecular complexity index is 955. The SMILES string of the molecule is Cc1nc(-c2ccccc2)c(CCNS(=O)(=O)c2c(C)n[nH]c2C)o1. The van der Waals surface area contributed by atoms with E-state index in [9.17, 15) is 8.42 Å². The van der Waals surface area contributed by atoms with Gasteiger partial charge in [0, 0.05) is 25.5 Å². The quantitative estimate of drug-likeness (QED) is 0.703. The lowest BCUT2D eigenvalue weighted by Gasteiger charge is -2.06.